The number of nitrogens with zero attached hydrogens (tertiary/aromatic N) is 5. The summed E-state index contributed by atoms with van der Waals surface area (Å²) in [6.45, 7) is 6.51. The van der Waals surface area contributed by atoms with Crippen molar-refractivity contribution in [3.63, 3.8) is 0 Å². The molecule has 2 aliphatic rings. The molecule has 0 aliphatic carbocycles. The third kappa shape index (κ3) is 4.20. The zero-order chi connectivity index (χ0) is 21.9. The van der Waals surface area contributed by atoms with Crippen molar-refractivity contribution >= 4 is 23.0 Å². The van der Waals surface area contributed by atoms with Gasteiger partial charge in [-0.2, -0.15) is 0 Å². The average molecular weight is 429 g/mol. The van der Waals surface area contributed by atoms with Crippen molar-refractivity contribution in [2.75, 3.05) is 57.8 Å². The number of imidazole rings is 1. The highest BCUT2D eigenvalue weighted by molar-refractivity contribution is 5.93. The molecule has 5 rings (SSSR count). The zero-order valence-electron chi connectivity index (χ0n) is 18.4. The molecule has 0 unspecified atom stereocenters. The molecule has 0 spiro atoms. The first-order valence-corrected chi connectivity index (χ1v) is 11.2. The molecule has 164 valence electrons. The zero-order valence-corrected chi connectivity index (χ0v) is 18.4. The summed E-state index contributed by atoms with van der Waals surface area (Å²) in [4.78, 5) is 25.0. The standard InChI is InChI=1S/C25H28N6O/c1-28-14-16-29(17-15-28)21-18-30(19-21)24-27-22-11-5-6-12-23(22)31(24)25(32)26-13-7-10-20-8-3-2-4-9-20/h2-6,8-9,11-12,21H,13-19H2,1H3,(H,26,32). The summed E-state index contributed by atoms with van der Waals surface area (Å²) in [7, 11) is 2.18. The summed E-state index contributed by atoms with van der Waals surface area (Å²) in [5.74, 6) is 6.82. The van der Waals surface area contributed by atoms with Gasteiger partial charge in [0.05, 0.1) is 17.6 Å². The minimum absolute atomic E-state index is 0.195. The Kier molecular flexibility index (Phi) is 5.80. The number of carbonyl (C=O) groups is 1. The Morgan fingerprint density at radius 2 is 1.75 bits per heavy atom. The first-order chi connectivity index (χ1) is 15.7. The number of nitrogens with one attached hydrogen (secondary N) is 1. The molecule has 2 saturated heterocycles. The van der Waals surface area contributed by atoms with Crippen molar-refractivity contribution in [1.29, 1.82) is 0 Å². The molecular formula is C25H28N6O. The van der Waals surface area contributed by atoms with Gasteiger partial charge in [-0.05, 0) is 31.3 Å². The van der Waals surface area contributed by atoms with E-state index in [-0.39, 0.29) is 12.6 Å². The predicted molar refractivity (Wildman–Crippen MR) is 127 cm³/mol. The van der Waals surface area contributed by atoms with Crippen LogP contribution in [0.2, 0.25) is 0 Å². The maximum absolute atomic E-state index is 13.1. The van der Waals surface area contributed by atoms with Gasteiger partial charge in [-0.25, -0.2) is 14.3 Å². The Morgan fingerprint density at radius 3 is 2.53 bits per heavy atom. The second kappa shape index (κ2) is 9.03. The number of aromatic nitrogens is 2. The number of amides is 1. The fourth-order valence-corrected chi connectivity index (χ4v) is 4.33. The molecule has 0 atom stereocenters. The monoisotopic (exact) mass is 428 g/mol. The van der Waals surface area contributed by atoms with Crippen molar-refractivity contribution < 1.29 is 4.79 Å². The lowest BCUT2D eigenvalue weighted by Gasteiger charge is -2.48. The van der Waals surface area contributed by atoms with Crippen molar-refractivity contribution in [1.82, 2.24) is 24.7 Å². The molecule has 1 N–H and O–H groups in total. The number of likely N-dealkylation sites (N-methyl/N-ethyl adjacent to an activating group) is 1. The van der Waals surface area contributed by atoms with Gasteiger partial charge in [-0.1, -0.05) is 42.2 Å². The number of anilines is 1. The van der Waals surface area contributed by atoms with Crippen LogP contribution in [-0.4, -0.2) is 84.3 Å². The van der Waals surface area contributed by atoms with E-state index in [1.807, 2.05) is 54.6 Å². The van der Waals surface area contributed by atoms with E-state index in [2.05, 4.69) is 38.9 Å². The molecule has 7 heteroatoms. The summed E-state index contributed by atoms with van der Waals surface area (Å²) in [5.41, 5.74) is 2.58. The average Bonchev–Trinajstić information content (AvgIpc) is 3.16. The Hall–Kier alpha value is -3.34. The van der Waals surface area contributed by atoms with Crippen LogP contribution in [-0.2, 0) is 0 Å². The second-order valence-corrected chi connectivity index (χ2v) is 8.46. The van der Waals surface area contributed by atoms with Gasteiger partial charge in [0.15, 0.2) is 0 Å². The van der Waals surface area contributed by atoms with Crippen LogP contribution in [0.15, 0.2) is 54.6 Å². The number of hydrogen-bond acceptors (Lipinski definition) is 5. The second-order valence-electron chi connectivity index (χ2n) is 8.46. The first kappa shape index (κ1) is 20.6. The molecule has 1 amide bonds. The van der Waals surface area contributed by atoms with E-state index in [4.69, 9.17) is 4.98 Å². The minimum Gasteiger partial charge on any atom is -0.339 e. The van der Waals surface area contributed by atoms with Crippen LogP contribution in [0.25, 0.3) is 11.0 Å². The first-order valence-electron chi connectivity index (χ1n) is 11.2. The lowest BCUT2D eigenvalue weighted by molar-refractivity contribution is 0.0956. The van der Waals surface area contributed by atoms with Gasteiger partial charge in [0, 0.05) is 50.9 Å². The quantitative estimate of drug-likeness (QED) is 0.648. The molecule has 3 heterocycles. The van der Waals surface area contributed by atoms with Crippen LogP contribution in [0, 0.1) is 11.8 Å². The highest BCUT2D eigenvalue weighted by Crippen LogP contribution is 2.27. The fraction of sp³-hybridized carbons (Fsp3) is 0.360. The maximum Gasteiger partial charge on any atom is 0.329 e. The van der Waals surface area contributed by atoms with Crippen LogP contribution in [0.4, 0.5) is 10.7 Å². The van der Waals surface area contributed by atoms with E-state index in [0.29, 0.717) is 12.0 Å². The molecule has 0 radical (unpaired) electrons. The minimum atomic E-state index is -0.195. The number of benzene rings is 2. The molecule has 2 aromatic carbocycles. The summed E-state index contributed by atoms with van der Waals surface area (Å²) in [6, 6.07) is 17.9. The number of piperazine rings is 1. The highest BCUT2D eigenvalue weighted by atomic mass is 16.2. The van der Waals surface area contributed by atoms with E-state index < -0.39 is 0 Å². The van der Waals surface area contributed by atoms with Gasteiger partial charge < -0.3 is 15.1 Å². The topological polar surface area (TPSA) is 56.6 Å². The Bertz CT molecular complexity index is 1150. The lowest BCUT2D eigenvalue weighted by Crippen LogP contribution is -2.63. The molecule has 2 aliphatic heterocycles. The summed E-state index contributed by atoms with van der Waals surface area (Å²) < 4.78 is 1.69. The molecule has 32 heavy (non-hydrogen) atoms. The normalized spacial score (nSPS) is 17.6. The van der Waals surface area contributed by atoms with Crippen LogP contribution < -0.4 is 10.2 Å². The van der Waals surface area contributed by atoms with Gasteiger partial charge in [0.1, 0.15) is 0 Å². The smallest absolute Gasteiger partial charge is 0.329 e. The van der Waals surface area contributed by atoms with Crippen molar-refractivity contribution in [3.8, 4) is 11.8 Å². The maximum atomic E-state index is 13.1. The third-order valence-electron chi connectivity index (χ3n) is 6.28. The van der Waals surface area contributed by atoms with E-state index in [9.17, 15) is 4.79 Å². The summed E-state index contributed by atoms with van der Waals surface area (Å²) >= 11 is 0. The number of carbonyl (C=O) groups excluding carboxylic acids is 1. The van der Waals surface area contributed by atoms with E-state index in [0.717, 1.165) is 55.9 Å². The third-order valence-corrected chi connectivity index (χ3v) is 6.28. The molecule has 1 aromatic heterocycles. The van der Waals surface area contributed by atoms with Gasteiger partial charge in [0.2, 0.25) is 5.95 Å². The SMILES string of the molecule is CN1CCN(C2CN(c3nc4ccccc4n3C(=O)NCC#Cc3ccccc3)C2)CC1. The number of hydrogen-bond donors (Lipinski definition) is 1. The summed E-state index contributed by atoms with van der Waals surface area (Å²) in [5, 5.41) is 2.94. The highest BCUT2D eigenvalue weighted by Gasteiger charge is 2.36. The number of rotatable bonds is 3. The molecule has 7 nitrogen and oxygen atoms in total. The van der Waals surface area contributed by atoms with Crippen molar-refractivity contribution in [2.24, 2.45) is 0 Å². The van der Waals surface area contributed by atoms with Crippen LogP contribution in [0.1, 0.15) is 5.56 Å². The van der Waals surface area contributed by atoms with E-state index in [1.54, 1.807) is 4.57 Å². The van der Waals surface area contributed by atoms with Gasteiger partial charge in [-0.3, -0.25) is 4.90 Å². The van der Waals surface area contributed by atoms with Crippen LogP contribution in [0.5, 0.6) is 0 Å². The molecule has 2 fully saturated rings. The molecule has 0 bridgehead atoms. The van der Waals surface area contributed by atoms with Crippen LogP contribution >= 0.6 is 0 Å². The van der Waals surface area contributed by atoms with Crippen molar-refractivity contribution in [3.05, 3.63) is 60.2 Å². The predicted octanol–water partition coefficient (Wildman–Crippen LogP) is 2.08. The van der Waals surface area contributed by atoms with E-state index >= 15 is 0 Å². The molecule has 3 aromatic rings. The molecular weight excluding hydrogens is 400 g/mol. The Labute approximate surface area is 188 Å². The lowest BCUT2D eigenvalue weighted by atomic mass is 10.1. The Morgan fingerprint density at radius 1 is 1.03 bits per heavy atom. The largest absolute Gasteiger partial charge is 0.339 e. The summed E-state index contributed by atoms with van der Waals surface area (Å²) in [6.07, 6.45) is 0. The van der Waals surface area contributed by atoms with Gasteiger partial charge >= 0.3 is 6.03 Å². The fourth-order valence-electron chi connectivity index (χ4n) is 4.33. The number of fused-ring (bicyclic) bond motifs is 1. The Balaban J connectivity index is 1.29. The van der Waals surface area contributed by atoms with Gasteiger partial charge in [-0.15, -0.1) is 0 Å². The van der Waals surface area contributed by atoms with Crippen LogP contribution in [0.3, 0.4) is 0 Å². The molecule has 0 saturated carbocycles. The van der Waals surface area contributed by atoms with Crippen molar-refractivity contribution in [2.45, 2.75) is 6.04 Å². The van der Waals surface area contributed by atoms with Gasteiger partial charge in [0.25, 0.3) is 0 Å². The van der Waals surface area contributed by atoms with E-state index in [1.165, 1.54) is 0 Å². The number of para-hydroxylation sites is 2.